The highest BCUT2D eigenvalue weighted by Gasteiger charge is 2.16. The fourth-order valence-corrected chi connectivity index (χ4v) is 3.12. The minimum absolute atomic E-state index is 0.961. The molecule has 0 atom stereocenters. The molecule has 4 nitrogen and oxygen atoms in total. The quantitative estimate of drug-likeness (QED) is 0.867. The zero-order chi connectivity index (χ0) is 15.4. The van der Waals surface area contributed by atoms with Gasteiger partial charge in [-0.15, -0.1) is 0 Å². The average molecular weight is 298 g/mol. The number of rotatable bonds is 4. The highest BCUT2D eigenvalue weighted by Crippen LogP contribution is 2.18. The molecule has 0 saturated carbocycles. The molecule has 4 heteroatoms. The summed E-state index contributed by atoms with van der Waals surface area (Å²) >= 11 is 0. The van der Waals surface area contributed by atoms with Crippen molar-refractivity contribution in [1.82, 2.24) is 14.5 Å². The number of nitrogens with zero attached hydrogens (tertiary/aromatic N) is 4. The third-order valence-electron chi connectivity index (χ3n) is 4.50. The van der Waals surface area contributed by atoms with E-state index < -0.39 is 0 Å². The van der Waals surface area contributed by atoms with E-state index in [2.05, 4.69) is 63.7 Å². The average Bonchev–Trinajstić information content (AvgIpc) is 2.85. The van der Waals surface area contributed by atoms with E-state index in [0.29, 0.717) is 0 Å². The third kappa shape index (κ3) is 3.50. The van der Waals surface area contributed by atoms with Crippen LogP contribution in [0.4, 0.5) is 5.69 Å². The fourth-order valence-electron chi connectivity index (χ4n) is 3.12. The number of anilines is 1. The van der Waals surface area contributed by atoms with Crippen LogP contribution in [0.5, 0.6) is 0 Å². The summed E-state index contributed by atoms with van der Waals surface area (Å²) < 4.78 is 2.24. The predicted octanol–water partition coefficient (Wildman–Crippen LogP) is 2.92. The van der Waals surface area contributed by atoms with Gasteiger partial charge in [0, 0.05) is 50.8 Å². The largest absolute Gasteiger partial charge is 0.370 e. The summed E-state index contributed by atoms with van der Waals surface area (Å²) in [6, 6.07) is 8.90. The lowest BCUT2D eigenvalue weighted by Gasteiger charge is -2.23. The summed E-state index contributed by atoms with van der Waals surface area (Å²) in [6.07, 6.45) is 5.20. The molecule has 1 aliphatic heterocycles. The van der Waals surface area contributed by atoms with E-state index >= 15 is 0 Å². The predicted molar refractivity (Wildman–Crippen MR) is 91.2 cm³/mol. The van der Waals surface area contributed by atoms with Gasteiger partial charge in [-0.1, -0.05) is 17.7 Å². The molecule has 0 spiro atoms. The Balaban J connectivity index is 1.61. The molecular formula is C18H26N4. The SMILES string of the molecule is CCn1ccnc1CN1CCCN(c2ccc(C)cc2)CC1. The Bertz CT molecular complexity index is 587. The molecule has 0 radical (unpaired) electrons. The fraction of sp³-hybridized carbons (Fsp3) is 0.500. The maximum Gasteiger partial charge on any atom is 0.122 e. The van der Waals surface area contributed by atoms with Crippen LogP contribution in [0.3, 0.4) is 0 Å². The minimum Gasteiger partial charge on any atom is -0.370 e. The van der Waals surface area contributed by atoms with Crippen molar-refractivity contribution in [1.29, 1.82) is 0 Å². The molecule has 0 amide bonds. The lowest BCUT2D eigenvalue weighted by Crippen LogP contribution is -2.31. The Hall–Kier alpha value is -1.81. The molecular weight excluding hydrogens is 272 g/mol. The molecule has 2 aromatic rings. The van der Waals surface area contributed by atoms with Crippen LogP contribution in [0.1, 0.15) is 24.7 Å². The van der Waals surface area contributed by atoms with Crippen LogP contribution in [-0.2, 0) is 13.1 Å². The second-order valence-corrected chi connectivity index (χ2v) is 6.08. The molecule has 1 saturated heterocycles. The first-order valence-corrected chi connectivity index (χ1v) is 8.30. The van der Waals surface area contributed by atoms with Gasteiger partial charge in [-0.3, -0.25) is 4.90 Å². The number of aromatic nitrogens is 2. The van der Waals surface area contributed by atoms with Crippen LogP contribution < -0.4 is 4.90 Å². The lowest BCUT2D eigenvalue weighted by atomic mass is 10.2. The summed E-state index contributed by atoms with van der Waals surface area (Å²) in [5.41, 5.74) is 2.68. The maximum atomic E-state index is 4.51. The molecule has 118 valence electrons. The normalized spacial score (nSPS) is 16.7. The van der Waals surface area contributed by atoms with Gasteiger partial charge in [0.2, 0.25) is 0 Å². The van der Waals surface area contributed by atoms with Gasteiger partial charge in [0.25, 0.3) is 0 Å². The topological polar surface area (TPSA) is 24.3 Å². The molecule has 3 rings (SSSR count). The zero-order valence-electron chi connectivity index (χ0n) is 13.7. The summed E-state index contributed by atoms with van der Waals surface area (Å²) in [4.78, 5) is 9.54. The second kappa shape index (κ2) is 6.97. The number of imidazole rings is 1. The molecule has 1 fully saturated rings. The second-order valence-electron chi connectivity index (χ2n) is 6.08. The smallest absolute Gasteiger partial charge is 0.122 e. The molecule has 1 aromatic heterocycles. The van der Waals surface area contributed by atoms with Crippen LogP contribution in [0.15, 0.2) is 36.7 Å². The highest BCUT2D eigenvalue weighted by atomic mass is 15.2. The summed E-state index contributed by atoms with van der Waals surface area (Å²) in [6.45, 7) is 10.8. The van der Waals surface area contributed by atoms with Gasteiger partial charge in [0.1, 0.15) is 5.82 Å². The number of benzene rings is 1. The van der Waals surface area contributed by atoms with Crippen molar-refractivity contribution in [2.24, 2.45) is 0 Å². The molecule has 22 heavy (non-hydrogen) atoms. The summed E-state index contributed by atoms with van der Waals surface area (Å²) in [5, 5.41) is 0. The summed E-state index contributed by atoms with van der Waals surface area (Å²) in [7, 11) is 0. The van der Waals surface area contributed by atoms with Crippen molar-refractivity contribution < 1.29 is 0 Å². The van der Waals surface area contributed by atoms with Gasteiger partial charge in [0.15, 0.2) is 0 Å². The van der Waals surface area contributed by atoms with Gasteiger partial charge in [0.05, 0.1) is 6.54 Å². The Labute approximate surface area is 133 Å². The molecule has 1 aromatic carbocycles. The van der Waals surface area contributed by atoms with Gasteiger partial charge in [-0.25, -0.2) is 4.98 Å². The van der Waals surface area contributed by atoms with Gasteiger partial charge >= 0.3 is 0 Å². The molecule has 0 unspecified atom stereocenters. The first-order chi connectivity index (χ1) is 10.8. The van der Waals surface area contributed by atoms with E-state index in [4.69, 9.17) is 0 Å². The van der Waals surface area contributed by atoms with Crippen LogP contribution in [0.25, 0.3) is 0 Å². The van der Waals surface area contributed by atoms with Crippen molar-refractivity contribution in [3.63, 3.8) is 0 Å². The van der Waals surface area contributed by atoms with E-state index in [1.165, 1.54) is 23.5 Å². The molecule has 0 bridgehead atoms. The Morgan fingerprint density at radius 2 is 1.86 bits per heavy atom. The first-order valence-electron chi connectivity index (χ1n) is 8.30. The van der Waals surface area contributed by atoms with E-state index in [1.54, 1.807) is 0 Å². The number of hydrogen-bond acceptors (Lipinski definition) is 3. The minimum atomic E-state index is 0.961. The van der Waals surface area contributed by atoms with Gasteiger partial charge in [-0.2, -0.15) is 0 Å². The Morgan fingerprint density at radius 1 is 1.05 bits per heavy atom. The van der Waals surface area contributed by atoms with Crippen molar-refractivity contribution in [3.05, 3.63) is 48.0 Å². The van der Waals surface area contributed by atoms with E-state index in [-0.39, 0.29) is 0 Å². The molecule has 0 N–H and O–H groups in total. The third-order valence-corrected chi connectivity index (χ3v) is 4.50. The zero-order valence-corrected chi connectivity index (χ0v) is 13.7. The number of aryl methyl sites for hydroxylation is 2. The van der Waals surface area contributed by atoms with Crippen molar-refractivity contribution >= 4 is 5.69 Å². The van der Waals surface area contributed by atoms with Crippen LogP contribution in [0, 0.1) is 6.92 Å². The number of hydrogen-bond donors (Lipinski definition) is 0. The first kappa shape index (κ1) is 15.1. The van der Waals surface area contributed by atoms with Crippen LogP contribution in [0.2, 0.25) is 0 Å². The van der Waals surface area contributed by atoms with Gasteiger partial charge < -0.3 is 9.47 Å². The van der Waals surface area contributed by atoms with Crippen LogP contribution in [-0.4, -0.2) is 40.6 Å². The van der Waals surface area contributed by atoms with Gasteiger partial charge in [-0.05, 0) is 32.4 Å². The van der Waals surface area contributed by atoms with E-state index in [9.17, 15) is 0 Å². The van der Waals surface area contributed by atoms with Crippen molar-refractivity contribution in [2.45, 2.75) is 33.4 Å². The molecule has 1 aliphatic rings. The van der Waals surface area contributed by atoms with Crippen LogP contribution >= 0.6 is 0 Å². The standard InChI is InChI=1S/C18H26N4/c1-3-21-12-9-19-18(21)15-20-10-4-11-22(14-13-20)17-7-5-16(2)6-8-17/h5-9,12H,3-4,10-11,13-15H2,1-2H3. The summed E-state index contributed by atoms with van der Waals surface area (Å²) in [5.74, 6) is 1.19. The van der Waals surface area contributed by atoms with E-state index in [0.717, 1.165) is 39.3 Å². The van der Waals surface area contributed by atoms with Crippen molar-refractivity contribution in [3.8, 4) is 0 Å². The lowest BCUT2D eigenvalue weighted by molar-refractivity contribution is 0.274. The monoisotopic (exact) mass is 298 g/mol. The Morgan fingerprint density at radius 3 is 2.64 bits per heavy atom. The van der Waals surface area contributed by atoms with Crippen molar-refractivity contribution in [2.75, 3.05) is 31.1 Å². The molecule has 0 aliphatic carbocycles. The molecule has 2 heterocycles. The maximum absolute atomic E-state index is 4.51. The Kier molecular flexibility index (Phi) is 4.78. The van der Waals surface area contributed by atoms with E-state index in [1.807, 2.05) is 6.20 Å². The highest BCUT2D eigenvalue weighted by molar-refractivity contribution is 5.47.